The number of nitro groups is 1. The summed E-state index contributed by atoms with van der Waals surface area (Å²) in [5.74, 6) is -0.781. The Balaban J connectivity index is 1.89. The van der Waals surface area contributed by atoms with Crippen LogP contribution in [0, 0.1) is 21.4 Å². The van der Waals surface area contributed by atoms with Gasteiger partial charge in [-0.2, -0.15) is 10.4 Å². The highest BCUT2D eigenvalue weighted by Crippen LogP contribution is 2.25. The number of rotatable bonds is 6. The van der Waals surface area contributed by atoms with Gasteiger partial charge < -0.3 is 9.84 Å². The maximum absolute atomic E-state index is 11.6. The number of carbonyl (C=O) groups excluding carboxylic acids is 1. The summed E-state index contributed by atoms with van der Waals surface area (Å²) in [6.07, 6.45) is 1.21. The second-order valence-electron chi connectivity index (χ2n) is 4.70. The lowest BCUT2D eigenvalue weighted by Gasteiger charge is -2.06. The first-order valence-electron chi connectivity index (χ1n) is 6.92. The molecule has 0 aliphatic rings. The standard InChI is InChI=1S/C16H12N4O5/c17-8-12-3-1-2-4-15(12)25-10-16(22)19-18-9-11-5-6-13(20(23)24)14(21)7-11/h1-7,9,21H,10H2,(H,19,22). The number of nitrogens with one attached hydrogen (secondary N) is 1. The van der Waals surface area contributed by atoms with E-state index in [0.29, 0.717) is 11.1 Å². The molecule has 0 aliphatic carbocycles. The van der Waals surface area contributed by atoms with Gasteiger partial charge in [0, 0.05) is 6.07 Å². The summed E-state index contributed by atoms with van der Waals surface area (Å²) in [6.45, 7) is -0.346. The van der Waals surface area contributed by atoms with Crippen LogP contribution in [-0.2, 0) is 4.79 Å². The summed E-state index contributed by atoms with van der Waals surface area (Å²) >= 11 is 0. The van der Waals surface area contributed by atoms with E-state index in [0.717, 1.165) is 12.1 Å². The fourth-order valence-corrected chi connectivity index (χ4v) is 1.81. The van der Waals surface area contributed by atoms with Gasteiger partial charge in [-0.1, -0.05) is 12.1 Å². The van der Waals surface area contributed by atoms with Crippen molar-refractivity contribution in [2.24, 2.45) is 5.10 Å². The number of nitrogens with zero attached hydrogens (tertiary/aromatic N) is 3. The topological polar surface area (TPSA) is 138 Å². The van der Waals surface area contributed by atoms with Gasteiger partial charge in [0.25, 0.3) is 5.91 Å². The Kier molecular flexibility index (Phi) is 5.63. The Morgan fingerprint density at radius 3 is 2.84 bits per heavy atom. The fourth-order valence-electron chi connectivity index (χ4n) is 1.81. The monoisotopic (exact) mass is 340 g/mol. The van der Waals surface area contributed by atoms with E-state index in [9.17, 15) is 20.0 Å². The van der Waals surface area contributed by atoms with Crippen molar-refractivity contribution < 1.29 is 19.6 Å². The van der Waals surface area contributed by atoms with Crippen LogP contribution in [-0.4, -0.2) is 28.8 Å². The van der Waals surface area contributed by atoms with E-state index in [1.807, 2.05) is 6.07 Å². The van der Waals surface area contributed by atoms with Crippen molar-refractivity contribution in [1.82, 2.24) is 5.43 Å². The van der Waals surface area contributed by atoms with Gasteiger partial charge in [-0.05, 0) is 29.8 Å². The molecule has 2 rings (SSSR count). The third-order valence-electron chi connectivity index (χ3n) is 2.97. The smallest absolute Gasteiger partial charge is 0.310 e. The maximum Gasteiger partial charge on any atom is 0.310 e. The SMILES string of the molecule is N#Cc1ccccc1OCC(=O)NN=Cc1ccc([N+](=O)[O-])c(O)c1. The number of phenols is 1. The molecule has 0 bridgehead atoms. The van der Waals surface area contributed by atoms with Crippen molar-refractivity contribution in [2.45, 2.75) is 0 Å². The third-order valence-corrected chi connectivity index (χ3v) is 2.97. The van der Waals surface area contributed by atoms with Gasteiger partial charge in [-0.15, -0.1) is 0 Å². The molecule has 9 heteroatoms. The molecule has 0 saturated heterocycles. The van der Waals surface area contributed by atoms with Crippen LogP contribution in [0.15, 0.2) is 47.6 Å². The van der Waals surface area contributed by atoms with Gasteiger partial charge in [-0.25, -0.2) is 5.43 Å². The molecule has 2 aromatic carbocycles. The molecule has 0 spiro atoms. The molecule has 0 aromatic heterocycles. The van der Waals surface area contributed by atoms with Crippen LogP contribution in [0.4, 0.5) is 5.69 Å². The predicted octanol–water partition coefficient (Wildman–Crippen LogP) is 1.70. The molecule has 2 aromatic rings. The van der Waals surface area contributed by atoms with Crippen LogP contribution >= 0.6 is 0 Å². The molecule has 1 amide bonds. The largest absolute Gasteiger partial charge is 0.502 e. The van der Waals surface area contributed by atoms with Crippen molar-refractivity contribution in [2.75, 3.05) is 6.61 Å². The van der Waals surface area contributed by atoms with Crippen molar-refractivity contribution in [3.8, 4) is 17.6 Å². The lowest BCUT2D eigenvalue weighted by Crippen LogP contribution is -2.24. The van der Waals surface area contributed by atoms with E-state index in [2.05, 4.69) is 10.5 Å². The molecular formula is C16H12N4O5. The van der Waals surface area contributed by atoms with Crippen molar-refractivity contribution in [3.63, 3.8) is 0 Å². The Bertz CT molecular complexity index is 873. The lowest BCUT2D eigenvalue weighted by molar-refractivity contribution is -0.385. The van der Waals surface area contributed by atoms with Crippen LogP contribution in [0.1, 0.15) is 11.1 Å². The number of nitriles is 1. The molecule has 9 nitrogen and oxygen atoms in total. The Labute approximate surface area is 141 Å². The maximum atomic E-state index is 11.6. The van der Waals surface area contributed by atoms with E-state index in [4.69, 9.17) is 10.00 Å². The number of hydrogen-bond donors (Lipinski definition) is 2. The average Bonchev–Trinajstić information content (AvgIpc) is 2.60. The molecule has 0 atom stereocenters. The normalized spacial score (nSPS) is 10.2. The van der Waals surface area contributed by atoms with Gasteiger partial charge in [-0.3, -0.25) is 14.9 Å². The van der Waals surface area contributed by atoms with Gasteiger partial charge in [0.05, 0.1) is 16.7 Å². The molecule has 2 N–H and O–H groups in total. The van der Waals surface area contributed by atoms with Crippen LogP contribution in [0.5, 0.6) is 11.5 Å². The number of hydrogen-bond acceptors (Lipinski definition) is 7. The summed E-state index contributed by atoms with van der Waals surface area (Å²) in [5.41, 5.74) is 2.44. The second-order valence-corrected chi connectivity index (χ2v) is 4.70. The predicted molar refractivity (Wildman–Crippen MR) is 87.1 cm³/mol. The number of aromatic hydroxyl groups is 1. The van der Waals surface area contributed by atoms with E-state index in [1.165, 1.54) is 12.3 Å². The molecule has 0 aliphatic heterocycles. The van der Waals surface area contributed by atoms with Gasteiger partial charge in [0.1, 0.15) is 11.8 Å². The van der Waals surface area contributed by atoms with Crippen LogP contribution in [0.2, 0.25) is 0 Å². The number of carbonyl (C=O) groups is 1. The fraction of sp³-hybridized carbons (Fsp3) is 0.0625. The Hall–Kier alpha value is -3.93. The third kappa shape index (κ3) is 4.77. The van der Waals surface area contributed by atoms with E-state index in [-0.39, 0.29) is 12.4 Å². The number of ether oxygens (including phenoxy) is 1. The zero-order chi connectivity index (χ0) is 18.2. The number of amides is 1. The first-order valence-corrected chi connectivity index (χ1v) is 6.92. The molecule has 25 heavy (non-hydrogen) atoms. The van der Waals surface area contributed by atoms with E-state index >= 15 is 0 Å². The van der Waals surface area contributed by atoms with Gasteiger partial charge >= 0.3 is 5.69 Å². The average molecular weight is 340 g/mol. The minimum atomic E-state index is -0.714. The number of hydrazone groups is 1. The number of nitro benzene ring substituents is 1. The van der Waals surface area contributed by atoms with E-state index in [1.54, 1.807) is 24.3 Å². The minimum Gasteiger partial charge on any atom is -0.502 e. The first-order chi connectivity index (χ1) is 12.0. The Morgan fingerprint density at radius 2 is 2.16 bits per heavy atom. The molecule has 126 valence electrons. The number of phenolic OH excluding ortho intramolecular Hbond substituents is 1. The summed E-state index contributed by atoms with van der Waals surface area (Å²) in [4.78, 5) is 21.5. The molecular weight excluding hydrogens is 328 g/mol. The summed E-state index contributed by atoms with van der Waals surface area (Å²) in [6, 6.07) is 12.1. The zero-order valence-corrected chi connectivity index (χ0v) is 12.7. The van der Waals surface area contributed by atoms with Crippen LogP contribution < -0.4 is 10.2 Å². The zero-order valence-electron chi connectivity index (χ0n) is 12.7. The molecule has 0 saturated carbocycles. The second kappa shape index (κ2) is 8.07. The highest BCUT2D eigenvalue weighted by Gasteiger charge is 2.12. The van der Waals surface area contributed by atoms with Crippen molar-refractivity contribution in [1.29, 1.82) is 5.26 Å². The molecule has 0 heterocycles. The summed E-state index contributed by atoms with van der Waals surface area (Å²) in [5, 5.41) is 32.7. The highest BCUT2D eigenvalue weighted by atomic mass is 16.6. The quantitative estimate of drug-likeness (QED) is 0.466. The van der Waals surface area contributed by atoms with E-state index < -0.39 is 22.3 Å². The highest BCUT2D eigenvalue weighted by molar-refractivity contribution is 5.83. The Morgan fingerprint density at radius 1 is 1.40 bits per heavy atom. The number of benzene rings is 2. The molecule has 0 radical (unpaired) electrons. The number of para-hydroxylation sites is 1. The summed E-state index contributed by atoms with van der Waals surface area (Å²) in [7, 11) is 0. The van der Waals surface area contributed by atoms with Crippen molar-refractivity contribution >= 4 is 17.8 Å². The molecule has 0 fully saturated rings. The van der Waals surface area contributed by atoms with Crippen molar-refractivity contribution in [3.05, 3.63) is 63.7 Å². The minimum absolute atomic E-state index is 0.282. The van der Waals surface area contributed by atoms with Crippen LogP contribution in [0.3, 0.4) is 0 Å². The lowest BCUT2D eigenvalue weighted by atomic mass is 10.2. The van der Waals surface area contributed by atoms with Crippen LogP contribution in [0.25, 0.3) is 0 Å². The van der Waals surface area contributed by atoms with Gasteiger partial charge in [0.15, 0.2) is 12.4 Å². The first kappa shape index (κ1) is 17.4. The van der Waals surface area contributed by atoms with Gasteiger partial charge in [0.2, 0.25) is 0 Å². The molecule has 0 unspecified atom stereocenters. The summed E-state index contributed by atoms with van der Waals surface area (Å²) < 4.78 is 5.23.